The van der Waals surface area contributed by atoms with Crippen LogP contribution in [0.5, 0.6) is 0 Å². The quantitative estimate of drug-likeness (QED) is 0.166. The molecule has 2 aliphatic rings. The highest BCUT2D eigenvalue weighted by molar-refractivity contribution is 6.31. The molecular formula is C51H35N3O2. The summed E-state index contributed by atoms with van der Waals surface area (Å²) < 4.78 is 4.63. The molecule has 5 heteroatoms. The van der Waals surface area contributed by atoms with Crippen LogP contribution in [0.25, 0.3) is 71.6 Å². The zero-order chi connectivity index (χ0) is 37.5. The highest BCUT2D eigenvalue weighted by Gasteiger charge is 2.54. The summed E-state index contributed by atoms with van der Waals surface area (Å²) in [5.41, 5.74) is 9.16. The number of allylic oxidation sites excluding steroid dienone is 3. The molecule has 2 aromatic heterocycles. The molecule has 0 N–H and O–H groups in total. The minimum atomic E-state index is -0.920. The number of rotatable bonds is 5. The zero-order valence-corrected chi connectivity index (χ0v) is 30.6. The number of anilines is 1. The number of hydrogen-bond acceptors (Lipinski definition) is 2. The van der Waals surface area contributed by atoms with Gasteiger partial charge in [-0.05, 0) is 60.0 Å². The minimum absolute atomic E-state index is 0.236. The van der Waals surface area contributed by atoms with E-state index in [-0.39, 0.29) is 11.8 Å². The summed E-state index contributed by atoms with van der Waals surface area (Å²) in [6.07, 6.45) is 5.90. The van der Waals surface area contributed by atoms with E-state index in [4.69, 9.17) is 0 Å². The van der Waals surface area contributed by atoms with E-state index >= 15 is 4.79 Å². The van der Waals surface area contributed by atoms with Gasteiger partial charge in [0, 0.05) is 43.9 Å². The van der Waals surface area contributed by atoms with Crippen molar-refractivity contribution in [3.05, 3.63) is 194 Å². The molecule has 0 spiro atoms. The van der Waals surface area contributed by atoms with Crippen molar-refractivity contribution in [1.29, 1.82) is 0 Å². The van der Waals surface area contributed by atoms with Crippen LogP contribution in [0.2, 0.25) is 0 Å². The Hall–Kier alpha value is -7.24. The topological polar surface area (TPSA) is 47.2 Å². The number of fused-ring (bicyclic) bond motifs is 7. The summed E-state index contributed by atoms with van der Waals surface area (Å²) in [6, 6.07) is 58.3. The summed E-state index contributed by atoms with van der Waals surface area (Å²) in [5, 5.41) is 4.58. The van der Waals surface area contributed by atoms with E-state index in [0.717, 1.165) is 60.8 Å². The summed E-state index contributed by atoms with van der Waals surface area (Å²) in [7, 11) is 0. The molecule has 1 aliphatic carbocycles. The number of nitrogens with zero attached hydrogens (tertiary/aromatic N) is 3. The van der Waals surface area contributed by atoms with Crippen LogP contribution in [0.1, 0.15) is 6.92 Å². The first kappa shape index (κ1) is 32.2. The molecule has 1 saturated heterocycles. The predicted octanol–water partition coefficient (Wildman–Crippen LogP) is 11.6. The Labute approximate surface area is 323 Å². The first-order valence-electron chi connectivity index (χ1n) is 19.1. The number of hydrogen-bond donors (Lipinski definition) is 0. The third kappa shape index (κ3) is 4.55. The lowest BCUT2D eigenvalue weighted by molar-refractivity contribution is -0.123. The average molecular weight is 722 g/mol. The van der Waals surface area contributed by atoms with E-state index in [9.17, 15) is 4.79 Å². The Balaban J connectivity index is 1.11. The van der Waals surface area contributed by atoms with Crippen molar-refractivity contribution >= 4 is 61.1 Å². The SMILES string of the molecule is CC1(n2c3ccccc3c3ccc(-n4c5ccccc5c5ccccc54)cc32)C=CC=C2C(=O)N(c3cc(-c4ccccc4)ccc3-c3ccccc3)C(=O)C21. The van der Waals surface area contributed by atoms with E-state index in [1.165, 1.54) is 15.7 Å². The number of carbonyl (C=O) groups is 2. The molecule has 0 bridgehead atoms. The van der Waals surface area contributed by atoms with Gasteiger partial charge in [0.1, 0.15) is 0 Å². The Morgan fingerprint density at radius 2 is 1.09 bits per heavy atom. The maximum Gasteiger partial charge on any atom is 0.261 e. The smallest absolute Gasteiger partial charge is 0.261 e. The van der Waals surface area contributed by atoms with Gasteiger partial charge in [0.25, 0.3) is 5.91 Å². The molecule has 11 rings (SSSR count). The normalized spacial score (nSPS) is 18.1. The largest absolute Gasteiger partial charge is 0.330 e. The van der Waals surface area contributed by atoms with Gasteiger partial charge in [-0.3, -0.25) is 9.59 Å². The fourth-order valence-electron chi connectivity index (χ4n) is 9.43. The lowest BCUT2D eigenvalue weighted by Crippen LogP contribution is -2.43. The second kappa shape index (κ2) is 12.1. The maximum absolute atomic E-state index is 15.3. The van der Waals surface area contributed by atoms with Gasteiger partial charge in [0.05, 0.1) is 33.7 Å². The van der Waals surface area contributed by atoms with Crippen molar-refractivity contribution in [3.63, 3.8) is 0 Å². The van der Waals surface area contributed by atoms with Crippen molar-refractivity contribution in [3.8, 4) is 27.9 Å². The number of carbonyl (C=O) groups excluding carboxylic acids is 2. The Morgan fingerprint density at radius 3 is 1.77 bits per heavy atom. The van der Waals surface area contributed by atoms with Gasteiger partial charge in [0.2, 0.25) is 5.91 Å². The van der Waals surface area contributed by atoms with Crippen molar-refractivity contribution < 1.29 is 9.59 Å². The number of benzene rings is 7. The summed E-state index contributed by atoms with van der Waals surface area (Å²) in [6.45, 7) is 2.10. The standard InChI is InChI=1S/C51H35N3O2/c1-51(54-45-25-13-10-21-40(45)41-29-27-36(32-47(41)54)52-43-23-11-8-19-38(43)39-20-9-12-24-44(39)52)30-14-22-42-48(51)50(56)53(49(42)55)46-31-35(33-15-4-2-5-16-33)26-28-37(46)34-17-6-3-7-18-34/h2-32,48H,1H3. The first-order valence-corrected chi connectivity index (χ1v) is 19.1. The van der Waals surface area contributed by atoms with Gasteiger partial charge in [-0.25, -0.2) is 4.90 Å². The molecule has 1 aliphatic heterocycles. The highest BCUT2D eigenvalue weighted by Crippen LogP contribution is 2.49. The Bertz CT molecular complexity index is 3100. The number of amides is 2. The predicted molar refractivity (Wildman–Crippen MR) is 228 cm³/mol. The molecule has 0 saturated carbocycles. The van der Waals surface area contributed by atoms with Crippen LogP contribution in [0, 0.1) is 5.92 Å². The molecule has 9 aromatic rings. The molecule has 1 fully saturated rings. The van der Waals surface area contributed by atoms with E-state index in [1.54, 1.807) is 0 Å². The Kier molecular flexibility index (Phi) is 6.98. The van der Waals surface area contributed by atoms with Gasteiger partial charge < -0.3 is 9.13 Å². The zero-order valence-electron chi connectivity index (χ0n) is 30.6. The molecule has 7 aromatic carbocycles. The molecule has 56 heavy (non-hydrogen) atoms. The first-order chi connectivity index (χ1) is 27.5. The molecule has 5 nitrogen and oxygen atoms in total. The van der Waals surface area contributed by atoms with E-state index in [2.05, 4.69) is 113 Å². The lowest BCUT2D eigenvalue weighted by atomic mass is 9.77. The van der Waals surface area contributed by atoms with E-state index in [0.29, 0.717) is 11.3 Å². The van der Waals surface area contributed by atoms with Gasteiger partial charge in [-0.15, -0.1) is 0 Å². The van der Waals surface area contributed by atoms with Crippen LogP contribution >= 0.6 is 0 Å². The lowest BCUT2D eigenvalue weighted by Gasteiger charge is -2.37. The van der Waals surface area contributed by atoms with Crippen LogP contribution in [-0.2, 0) is 15.1 Å². The fraction of sp³-hybridized carbons (Fsp3) is 0.0588. The summed E-state index contributed by atoms with van der Waals surface area (Å²) in [4.78, 5) is 31.6. The minimum Gasteiger partial charge on any atom is -0.330 e. The van der Waals surface area contributed by atoms with Gasteiger partial charge in [-0.1, -0.05) is 152 Å². The van der Waals surface area contributed by atoms with E-state index in [1.807, 2.05) is 91.0 Å². The highest BCUT2D eigenvalue weighted by atomic mass is 16.2. The van der Waals surface area contributed by atoms with Crippen molar-refractivity contribution in [1.82, 2.24) is 9.13 Å². The Morgan fingerprint density at radius 1 is 0.518 bits per heavy atom. The van der Waals surface area contributed by atoms with Crippen LogP contribution in [0.3, 0.4) is 0 Å². The van der Waals surface area contributed by atoms with Crippen LogP contribution < -0.4 is 4.90 Å². The van der Waals surface area contributed by atoms with Gasteiger partial charge >= 0.3 is 0 Å². The van der Waals surface area contributed by atoms with Gasteiger partial charge in [-0.2, -0.15) is 0 Å². The van der Waals surface area contributed by atoms with Crippen LogP contribution in [-0.4, -0.2) is 20.9 Å². The molecule has 266 valence electrons. The average Bonchev–Trinajstić information content (AvgIpc) is 3.86. The molecule has 3 heterocycles. The molecule has 2 unspecified atom stereocenters. The molecule has 2 atom stereocenters. The summed E-state index contributed by atoms with van der Waals surface area (Å²) in [5.74, 6) is -1.29. The molecular weight excluding hydrogens is 687 g/mol. The number of aromatic nitrogens is 2. The van der Waals surface area contributed by atoms with Gasteiger partial charge in [0.15, 0.2) is 0 Å². The second-order valence-electron chi connectivity index (χ2n) is 15.0. The van der Waals surface area contributed by atoms with Crippen molar-refractivity contribution in [2.24, 2.45) is 5.92 Å². The third-order valence-electron chi connectivity index (χ3n) is 11.9. The monoisotopic (exact) mass is 721 g/mol. The number of imide groups is 1. The van der Waals surface area contributed by atoms with E-state index < -0.39 is 11.5 Å². The number of para-hydroxylation sites is 3. The molecule has 0 radical (unpaired) electrons. The third-order valence-corrected chi connectivity index (χ3v) is 11.9. The van der Waals surface area contributed by atoms with Crippen LogP contribution in [0.4, 0.5) is 5.69 Å². The van der Waals surface area contributed by atoms with Crippen molar-refractivity contribution in [2.75, 3.05) is 4.90 Å². The second-order valence-corrected chi connectivity index (χ2v) is 15.0. The fourth-order valence-corrected chi connectivity index (χ4v) is 9.43. The molecule has 2 amide bonds. The van der Waals surface area contributed by atoms with Crippen molar-refractivity contribution in [2.45, 2.75) is 12.5 Å². The maximum atomic E-state index is 15.3. The summed E-state index contributed by atoms with van der Waals surface area (Å²) >= 11 is 0. The van der Waals surface area contributed by atoms with Crippen LogP contribution in [0.15, 0.2) is 194 Å².